The minimum atomic E-state index is -1.19. The average Bonchev–Trinajstić information content (AvgIpc) is 2.83. The summed E-state index contributed by atoms with van der Waals surface area (Å²) in [6.45, 7) is 7.33. The lowest BCUT2D eigenvalue weighted by Gasteiger charge is -2.34. The fourth-order valence-electron chi connectivity index (χ4n) is 3.81. The van der Waals surface area contributed by atoms with Crippen molar-refractivity contribution < 1.29 is 19.4 Å². The molecule has 1 aromatic rings. The maximum absolute atomic E-state index is 12.8. The average molecular weight is 330 g/mol. The Labute approximate surface area is 140 Å². The van der Waals surface area contributed by atoms with Crippen LogP contribution in [-0.4, -0.2) is 28.3 Å². The smallest absolute Gasteiger partial charge is 0.313 e. The third kappa shape index (κ3) is 1.92. The topological polar surface area (TPSA) is 88.0 Å². The molecule has 1 saturated heterocycles. The number of nitrogens with one attached hydrogen (secondary N) is 1. The molecule has 1 amide bonds. The first-order chi connectivity index (χ1) is 11.2. The van der Waals surface area contributed by atoms with E-state index in [1.165, 1.54) is 0 Å². The standard InChI is InChI=1S/C18H22N2O4/c1-11(12-7-5-6-8-13(12)21)19-20-14(22)18-10-9-17(4,15(23)24-18)16(18,2)3/h5-8,21H,9-10H2,1-4H3,(H,20,22)/b19-11+/t17-,18+/m0/s1. The van der Waals surface area contributed by atoms with Gasteiger partial charge in [-0.3, -0.25) is 9.59 Å². The van der Waals surface area contributed by atoms with Gasteiger partial charge < -0.3 is 9.84 Å². The molecule has 0 unspecified atom stereocenters. The molecule has 2 fully saturated rings. The highest BCUT2D eigenvalue weighted by Crippen LogP contribution is 2.65. The summed E-state index contributed by atoms with van der Waals surface area (Å²) < 4.78 is 5.52. The Morgan fingerprint density at radius 1 is 1.25 bits per heavy atom. The normalized spacial score (nSPS) is 31.0. The van der Waals surface area contributed by atoms with Crippen LogP contribution < -0.4 is 5.43 Å². The zero-order chi connectivity index (χ0) is 17.8. The van der Waals surface area contributed by atoms with Crippen molar-refractivity contribution in [2.24, 2.45) is 15.9 Å². The molecule has 6 nitrogen and oxygen atoms in total. The number of esters is 1. The molecule has 0 spiro atoms. The molecule has 2 N–H and O–H groups in total. The molecule has 0 aromatic heterocycles. The Morgan fingerprint density at radius 2 is 1.92 bits per heavy atom. The zero-order valence-corrected chi connectivity index (χ0v) is 14.3. The first-order valence-corrected chi connectivity index (χ1v) is 8.02. The number of phenols is 1. The van der Waals surface area contributed by atoms with E-state index in [9.17, 15) is 14.7 Å². The molecule has 128 valence electrons. The molecule has 1 saturated carbocycles. The minimum absolute atomic E-state index is 0.0900. The van der Waals surface area contributed by atoms with Crippen molar-refractivity contribution in [3.05, 3.63) is 29.8 Å². The van der Waals surface area contributed by atoms with E-state index < -0.39 is 22.3 Å². The second-order valence-electron chi connectivity index (χ2n) is 7.33. The quantitative estimate of drug-likeness (QED) is 0.506. The lowest BCUT2D eigenvalue weighted by molar-refractivity contribution is -0.168. The number of amides is 1. The molecule has 1 aromatic carbocycles. The van der Waals surface area contributed by atoms with Crippen LogP contribution >= 0.6 is 0 Å². The number of para-hydroxylation sites is 1. The maximum Gasteiger partial charge on any atom is 0.313 e. The number of fused-ring (bicyclic) bond motifs is 2. The van der Waals surface area contributed by atoms with E-state index in [-0.39, 0.29) is 11.7 Å². The lowest BCUT2D eigenvalue weighted by atomic mass is 9.66. The van der Waals surface area contributed by atoms with Crippen LogP contribution in [0.4, 0.5) is 0 Å². The lowest BCUT2D eigenvalue weighted by Crippen LogP contribution is -2.52. The van der Waals surface area contributed by atoms with Crippen LogP contribution in [-0.2, 0) is 14.3 Å². The molecule has 24 heavy (non-hydrogen) atoms. The number of hydrogen-bond acceptors (Lipinski definition) is 5. The summed E-state index contributed by atoms with van der Waals surface area (Å²) in [4.78, 5) is 25.0. The van der Waals surface area contributed by atoms with Crippen LogP contribution in [0.15, 0.2) is 29.4 Å². The van der Waals surface area contributed by atoms with Crippen molar-refractivity contribution in [2.45, 2.75) is 46.1 Å². The predicted octanol–water partition coefficient (Wildman–Crippen LogP) is 2.35. The van der Waals surface area contributed by atoms with Crippen molar-refractivity contribution in [1.29, 1.82) is 0 Å². The van der Waals surface area contributed by atoms with Gasteiger partial charge in [-0.2, -0.15) is 5.10 Å². The Bertz CT molecular complexity index is 755. The van der Waals surface area contributed by atoms with Gasteiger partial charge >= 0.3 is 5.97 Å². The van der Waals surface area contributed by atoms with Crippen LogP contribution in [0.1, 0.15) is 46.1 Å². The molecule has 2 bridgehead atoms. The highest BCUT2D eigenvalue weighted by atomic mass is 16.6. The molecule has 1 heterocycles. The third-order valence-electron chi connectivity index (χ3n) is 6.07. The zero-order valence-electron chi connectivity index (χ0n) is 14.3. The predicted molar refractivity (Wildman–Crippen MR) is 88.4 cm³/mol. The third-order valence-corrected chi connectivity index (χ3v) is 6.07. The van der Waals surface area contributed by atoms with Crippen LogP contribution in [0.3, 0.4) is 0 Å². The van der Waals surface area contributed by atoms with Gasteiger partial charge in [-0.1, -0.05) is 26.0 Å². The number of nitrogens with zero attached hydrogens (tertiary/aromatic N) is 1. The van der Waals surface area contributed by atoms with Gasteiger partial charge in [-0.25, -0.2) is 5.43 Å². The molecular weight excluding hydrogens is 308 g/mol. The van der Waals surface area contributed by atoms with Gasteiger partial charge in [0.1, 0.15) is 5.75 Å². The summed E-state index contributed by atoms with van der Waals surface area (Å²) in [6, 6.07) is 6.76. The Morgan fingerprint density at radius 3 is 2.46 bits per heavy atom. The Balaban J connectivity index is 1.85. The van der Waals surface area contributed by atoms with Gasteiger partial charge in [0.2, 0.25) is 0 Å². The monoisotopic (exact) mass is 330 g/mol. The largest absolute Gasteiger partial charge is 0.507 e. The number of carbonyl (C=O) groups is 2. The summed E-state index contributed by atoms with van der Waals surface area (Å²) in [5, 5.41) is 13.9. The van der Waals surface area contributed by atoms with Gasteiger partial charge in [-0.05, 0) is 38.8 Å². The highest BCUT2D eigenvalue weighted by Gasteiger charge is 2.75. The number of benzene rings is 1. The summed E-state index contributed by atoms with van der Waals surface area (Å²) in [5.41, 5.74) is 1.08. The molecule has 1 aliphatic carbocycles. The van der Waals surface area contributed by atoms with E-state index >= 15 is 0 Å². The molecule has 3 rings (SSSR count). The molecule has 0 radical (unpaired) electrons. The van der Waals surface area contributed by atoms with Crippen molar-refractivity contribution in [1.82, 2.24) is 5.43 Å². The number of rotatable bonds is 3. The SMILES string of the molecule is C/C(=N\NC(=O)[C@@]12CC[C@@](C)(C(=O)O1)C2(C)C)c1ccccc1O. The number of ether oxygens (including phenoxy) is 1. The van der Waals surface area contributed by atoms with Crippen molar-refractivity contribution in [2.75, 3.05) is 0 Å². The number of phenolic OH excluding ortho intramolecular Hbond substituents is 1. The van der Waals surface area contributed by atoms with E-state index in [0.717, 1.165) is 0 Å². The number of hydrogen-bond donors (Lipinski definition) is 2. The number of aromatic hydroxyl groups is 1. The van der Waals surface area contributed by atoms with Crippen LogP contribution in [0.2, 0.25) is 0 Å². The second-order valence-corrected chi connectivity index (χ2v) is 7.33. The fourth-order valence-corrected chi connectivity index (χ4v) is 3.81. The minimum Gasteiger partial charge on any atom is -0.507 e. The fraction of sp³-hybridized carbons (Fsp3) is 0.500. The summed E-state index contributed by atoms with van der Waals surface area (Å²) in [5.74, 6) is -0.653. The maximum atomic E-state index is 12.8. The summed E-state index contributed by atoms with van der Waals surface area (Å²) in [6.07, 6.45) is 1.10. The van der Waals surface area contributed by atoms with Gasteiger partial charge in [0.05, 0.1) is 11.1 Å². The second kappa shape index (κ2) is 5.06. The van der Waals surface area contributed by atoms with Crippen molar-refractivity contribution in [3.63, 3.8) is 0 Å². The van der Waals surface area contributed by atoms with Crippen LogP contribution in [0.25, 0.3) is 0 Å². The summed E-state index contributed by atoms with van der Waals surface area (Å²) in [7, 11) is 0. The van der Waals surface area contributed by atoms with Gasteiger partial charge in [0.25, 0.3) is 5.91 Å². The highest BCUT2D eigenvalue weighted by molar-refractivity contribution is 6.02. The molecule has 2 atom stereocenters. The first-order valence-electron chi connectivity index (χ1n) is 8.02. The molecule has 2 aliphatic rings. The van der Waals surface area contributed by atoms with Crippen molar-refractivity contribution in [3.8, 4) is 5.75 Å². The molecule has 6 heteroatoms. The van der Waals surface area contributed by atoms with Gasteiger partial charge in [0.15, 0.2) is 5.60 Å². The van der Waals surface area contributed by atoms with Crippen LogP contribution in [0, 0.1) is 10.8 Å². The Hall–Kier alpha value is -2.37. The van der Waals surface area contributed by atoms with Crippen molar-refractivity contribution >= 4 is 17.6 Å². The van der Waals surface area contributed by atoms with E-state index in [4.69, 9.17) is 4.74 Å². The summed E-state index contributed by atoms with van der Waals surface area (Å²) >= 11 is 0. The Kier molecular flexibility index (Phi) is 3.48. The van der Waals surface area contributed by atoms with E-state index in [2.05, 4.69) is 10.5 Å². The van der Waals surface area contributed by atoms with E-state index in [0.29, 0.717) is 24.1 Å². The molecule has 1 aliphatic heterocycles. The van der Waals surface area contributed by atoms with Crippen LogP contribution in [0.5, 0.6) is 5.75 Å². The van der Waals surface area contributed by atoms with Gasteiger partial charge in [-0.15, -0.1) is 0 Å². The van der Waals surface area contributed by atoms with E-state index in [1.54, 1.807) is 31.2 Å². The number of hydrazone groups is 1. The first kappa shape index (κ1) is 16.5. The van der Waals surface area contributed by atoms with Gasteiger partial charge in [0, 0.05) is 11.0 Å². The van der Waals surface area contributed by atoms with E-state index in [1.807, 2.05) is 20.8 Å². The number of carbonyl (C=O) groups excluding carboxylic acids is 2. The molecular formula is C18H22N2O4.